The van der Waals surface area contributed by atoms with Crippen molar-refractivity contribution in [1.82, 2.24) is 0 Å². The van der Waals surface area contributed by atoms with Crippen LogP contribution in [-0.2, 0) is 9.31 Å². The average Bonchev–Trinajstić information content (AvgIpc) is 2.47. The Balaban J connectivity index is 2.37. The zero-order chi connectivity index (χ0) is 14.4. The molecule has 0 unspecified atom stereocenters. The summed E-state index contributed by atoms with van der Waals surface area (Å²) in [5, 5.41) is 0.671. The summed E-state index contributed by atoms with van der Waals surface area (Å²) in [4.78, 5) is 0. The minimum Gasteiger partial charge on any atom is -0.399 e. The molecule has 0 atom stereocenters. The van der Waals surface area contributed by atoms with Gasteiger partial charge in [-0.2, -0.15) is 0 Å². The highest BCUT2D eigenvalue weighted by atomic mass is 35.5. The second-order valence-electron chi connectivity index (χ2n) is 6.14. The number of hydrogen-bond donors (Lipinski definition) is 0. The molecule has 0 spiro atoms. The Labute approximate surface area is 120 Å². The van der Waals surface area contributed by atoms with Gasteiger partial charge in [0.25, 0.3) is 0 Å². The van der Waals surface area contributed by atoms with Crippen LogP contribution in [0.5, 0.6) is 0 Å². The minimum absolute atomic E-state index is 0.344. The summed E-state index contributed by atoms with van der Waals surface area (Å²) in [5.41, 5.74) is 2.23. The molecule has 1 aliphatic heterocycles. The molecule has 1 aromatic rings. The topological polar surface area (TPSA) is 18.5 Å². The van der Waals surface area contributed by atoms with Gasteiger partial charge in [-0.05, 0) is 57.8 Å². The van der Waals surface area contributed by atoms with E-state index >= 15 is 0 Å². The van der Waals surface area contributed by atoms with E-state index in [1.807, 2.05) is 52.8 Å². The maximum absolute atomic E-state index is 6.16. The van der Waals surface area contributed by atoms with Crippen LogP contribution < -0.4 is 5.46 Å². The van der Waals surface area contributed by atoms with Crippen molar-refractivity contribution in [2.45, 2.75) is 45.8 Å². The molecule has 102 valence electrons. The molecule has 2 nitrogen and oxygen atoms in total. The number of benzene rings is 1. The molecule has 0 saturated carbocycles. The van der Waals surface area contributed by atoms with Crippen LogP contribution in [0.1, 0.15) is 40.2 Å². The number of allylic oxidation sites excluding steroid dienone is 1. The Kier molecular flexibility index (Phi) is 3.59. The quantitative estimate of drug-likeness (QED) is 0.769. The zero-order valence-electron chi connectivity index (χ0n) is 12.2. The molecule has 2 rings (SSSR count). The molecule has 0 radical (unpaired) electrons. The Morgan fingerprint density at radius 3 is 2.11 bits per heavy atom. The van der Waals surface area contributed by atoms with Crippen LogP contribution in [0.4, 0.5) is 0 Å². The molecule has 0 amide bonds. The van der Waals surface area contributed by atoms with Gasteiger partial charge >= 0.3 is 7.12 Å². The second-order valence-corrected chi connectivity index (χ2v) is 6.58. The smallest absolute Gasteiger partial charge is 0.399 e. The van der Waals surface area contributed by atoms with Crippen LogP contribution in [-0.4, -0.2) is 18.3 Å². The molecule has 0 aliphatic carbocycles. The summed E-state index contributed by atoms with van der Waals surface area (Å²) in [6.07, 6.45) is 0. The van der Waals surface area contributed by atoms with Crippen molar-refractivity contribution < 1.29 is 9.31 Å². The fourth-order valence-corrected chi connectivity index (χ4v) is 2.22. The van der Waals surface area contributed by atoms with E-state index in [2.05, 4.69) is 6.58 Å². The van der Waals surface area contributed by atoms with E-state index in [1.54, 1.807) is 0 Å². The first-order chi connectivity index (χ1) is 8.62. The number of halogens is 1. The number of rotatable bonds is 2. The van der Waals surface area contributed by atoms with Gasteiger partial charge in [-0.1, -0.05) is 29.8 Å². The van der Waals surface area contributed by atoms with Gasteiger partial charge in [0, 0.05) is 5.02 Å². The Morgan fingerprint density at radius 2 is 1.63 bits per heavy atom. The average molecular weight is 279 g/mol. The minimum atomic E-state index is -0.387. The van der Waals surface area contributed by atoms with Gasteiger partial charge in [0.1, 0.15) is 0 Å². The van der Waals surface area contributed by atoms with Crippen molar-refractivity contribution >= 4 is 29.8 Å². The SMILES string of the molecule is C=C(C)c1cc(Cl)cc(B2OC(C)(C)C(C)(C)O2)c1. The highest BCUT2D eigenvalue weighted by molar-refractivity contribution is 6.62. The van der Waals surface area contributed by atoms with Crippen LogP contribution in [0.3, 0.4) is 0 Å². The lowest BCUT2D eigenvalue weighted by Crippen LogP contribution is -2.41. The summed E-state index contributed by atoms with van der Waals surface area (Å²) in [6, 6.07) is 5.81. The van der Waals surface area contributed by atoms with Crippen molar-refractivity contribution in [3.63, 3.8) is 0 Å². The molecular weight excluding hydrogens is 258 g/mol. The van der Waals surface area contributed by atoms with Gasteiger partial charge in [-0.3, -0.25) is 0 Å². The highest BCUT2D eigenvalue weighted by Crippen LogP contribution is 2.36. The summed E-state index contributed by atoms with van der Waals surface area (Å²) < 4.78 is 12.1. The predicted molar refractivity (Wildman–Crippen MR) is 81.9 cm³/mol. The van der Waals surface area contributed by atoms with Crippen molar-refractivity contribution in [2.24, 2.45) is 0 Å². The van der Waals surface area contributed by atoms with Gasteiger partial charge in [-0.25, -0.2) is 0 Å². The van der Waals surface area contributed by atoms with Gasteiger partial charge in [0.15, 0.2) is 0 Å². The molecule has 0 aromatic heterocycles. The lowest BCUT2D eigenvalue weighted by Gasteiger charge is -2.32. The first-order valence-corrected chi connectivity index (χ1v) is 6.82. The molecule has 1 heterocycles. The third-order valence-corrected chi connectivity index (χ3v) is 4.16. The monoisotopic (exact) mass is 278 g/mol. The highest BCUT2D eigenvalue weighted by Gasteiger charge is 2.51. The molecular formula is C15H20BClO2. The van der Waals surface area contributed by atoms with Crippen LogP contribution >= 0.6 is 11.6 Å². The van der Waals surface area contributed by atoms with Crippen LogP contribution in [0.15, 0.2) is 24.8 Å². The van der Waals surface area contributed by atoms with Gasteiger partial charge < -0.3 is 9.31 Å². The van der Waals surface area contributed by atoms with E-state index < -0.39 is 0 Å². The first-order valence-electron chi connectivity index (χ1n) is 6.44. The van der Waals surface area contributed by atoms with E-state index in [-0.39, 0.29) is 18.3 Å². The molecule has 0 bridgehead atoms. The molecule has 0 N–H and O–H groups in total. The molecule has 4 heteroatoms. The van der Waals surface area contributed by atoms with Gasteiger partial charge in [0.2, 0.25) is 0 Å². The van der Waals surface area contributed by atoms with Gasteiger partial charge in [-0.15, -0.1) is 0 Å². The maximum atomic E-state index is 6.16. The zero-order valence-corrected chi connectivity index (χ0v) is 13.0. The summed E-state index contributed by atoms with van der Waals surface area (Å²) in [7, 11) is -0.387. The van der Waals surface area contributed by atoms with E-state index in [0.29, 0.717) is 5.02 Å². The number of hydrogen-bond acceptors (Lipinski definition) is 2. The molecule has 1 aliphatic rings. The summed E-state index contributed by atoms with van der Waals surface area (Å²) in [6.45, 7) is 14.1. The Morgan fingerprint density at radius 1 is 1.11 bits per heavy atom. The van der Waals surface area contributed by atoms with E-state index in [9.17, 15) is 0 Å². The fraction of sp³-hybridized carbons (Fsp3) is 0.467. The molecule has 1 aromatic carbocycles. The van der Waals surface area contributed by atoms with Crippen molar-refractivity contribution in [3.05, 3.63) is 35.4 Å². The third kappa shape index (κ3) is 2.74. The normalized spacial score (nSPS) is 20.6. The second kappa shape index (κ2) is 4.66. The summed E-state index contributed by atoms with van der Waals surface area (Å²) in [5.74, 6) is 0. The van der Waals surface area contributed by atoms with E-state index in [4.69, 9.17) is 20.9 Å². The fourth-order valence-electron chi connectivity index (χ4n) is 1.97. The van der Waals surface area contributed by atoms with Crippen molar-refractivity contribution in [3.8, 4) is 0 Å². The predicted octanol–water partition coefficient (Wildman–Crippen LogP) is 3.67. The standard InChI is InChI=1S/C15H20BClO2/c1-10(2)11-7-12(9-13(17)8-11)16-18-14(3,4)15(5,6)19-16/h7-9H,1H2,2-6H3. The van der Waals surface area contributed by atoms with Crippen LogP contribution in [0, 0.1) is 0 Å². The van der Waals surface area contributed by atoms with Crippen molar-refractivity contribution in [2.75, 3.05) is 0 Å². The lowest BCUT2D eigenvalue weighted by molar-refractivity contribution is 0.00578. The van der Waals surface area contributed by atoms with E-state index in [0.717, 1.165) is 16.6 Å². The molecule has 1 fully saturated rings. The van der Waals surface area contributed by atoms with Crippen LogP contribution in [0.2, 0.25) is 5.02 Å². The van der Waals surface area contributed by atoms with Crippen LogP contribution in [0.25, 0.3) is 5.57 Å². The Bertz CT molecular complexity index is 507. The Hall–Kier alpha value is -0.765. The summed E-state index contributed by atoms with van der Waals surface area (Å²) >= 11 is 6.16. The van der Waals surface area contributed by atoms with E-state index in [1.165, 1.54) is 0 Å². The maximum Gasteiger partial charge on any atom is 0.494 e. The first kappa shape index (κ1) is 14.6. The molecule has 1 saturated heterocycles. The van der Waals surface area contributed by atoms with Crippen molar-refractivity contribution in [1.29, 1.82) is 0 Å². The molecule has 19 heavy (non-hydrogen) atoms. The van der Waals surface area contributed by atoms with Gasteiger partial charge in [0.05, 0.1) is 11.2 Å². The third-order valence-electron chi connectivity index (χ3n) is 3.94. The lowest BCUT2D eigenvalue weighted by atomic mass is 9.78. The largest absolute Gasteiger partial charge is 0.494 e.